The first-order chi connectivity index (χ1) is 8.50. The van der Waals surface area contributed by atoms with Gasteiger partial charge in [0.1, 0.15) is 5.70 Å². The summed E-state index contributed by atoms with van der Waals surface area (Å²) in [6, 6.07) is 3.97. The van der Waals surface area contributed by atoms with Gasteiger partial charge in [-0.2, -0.15) is 0 Å². The minimum atomic E-state index is 0.00426. The monoisotopic (exact) mass is 280 g/mol. The fraction of sp³-hybridized carbons (Fsp3) is 0.385. The second-order valence-corrected chi connectivity index (χ2v) is 6.04. The molecule has 0 N–H and O–H groups in total. The largest absolute Gasteiger partial charge is 0.317 e. The van der Waals surface area contributed by atoms with Crippen LogP contribution in [0.1, 0.15) is 18.7 Å². The zero-order valence-corrected chi connectivity index (χ0v) is 12.3. The number of thiophene rings is 1. The summed E-state index contributed by atoms with van der Waals surface area (Å²) in [5, 5.41) is 2.59. The zero-order chi connectivity index (χ0) is 13.3. The van der Waals surface area contributed by atoms with Crippen molar-refractivity contribution in [2.24, 2.45) is 5.92 Å². The fourth-order valence-corrected chi connectivity index (χ4v) is 2.75. The minimum absolute atomic E-state index is 0.00426. The van der Waals surface area contributed by atoms with Crippen LogP contribution in [0.3, 0.4) is 0 Å². The molecule has 1 aliphatic rings. The van der Waals surface area contributed by atoms with E-state index in [1.165, 1.54) is 0 Å². The van der Waals surface area contributed by atoms with Gasteiger partial charge in [0.2, 0.25) is 0 Å². The summed E-state index contributed by atoms with van der Waals surface area (Å²) in [5.41, 5.74) is 0.656. The summed E-state index contributed by atoms with van der Waals surface area (Å²) < 4.78 is 0. The Morgan fingerprint density at radius 1 is 1.50 bits per heavy atom. The number of nitrogens with zero attached hydrogens (tertiary/aromatic N) is 2. The second-order valence-electron chi connectivity index (χ2n) is 4.70. The maximum atomic E-state index is 12.3. The SMILES string of the molecule is CC(C)CN1C(=O)C(=Cc2cccs2)N(C)C1=S. The van der Waals surface area contributed by atoms with E-state index in [0.717, 1.165) is 4.88 Å². The lowest BCUT2D eigenvalue weighted by atomic mass is 10.2. The van der Waals surface area contributed by atoms with Gasteiger partial charge < -0.3 is 4.90 Å². The van der Waals surface area contributed by atoms with Crippen molar-refractivity contribution in [3.63, 3.8) is 0 Å². The van der Waals surface area contributed by atoms with Gasteiger partial charge in [-0.25, -0.2) is 0 Å². The number of thiocarbonyl (C=S) groups is 1. The number of amides is 1. The molecule has 1 saturated heterocycles. The van der Waals surface area contributed by atoms with Crippen molar-refractivity contribution in [3.8, 4) is 0 Å². The van der Waals surface area contributed by atoms with E-state index in [2.05, 4.69) is 13.8 Å². The van der Waals surface area contributed by atoms with Gasteiger partial charge >= 0.3 is 0 Å². The molecule has 0 aromatic carbocycles. The summed E-state index contributed by atoms with van der Waals surface area (Å²) in [6.07, 6.45) is 1.90. The smallest absolute Gasteiger partial charge is 0.276 e. The van der Waals surface area contributed by atoms with Crippen LogP contribution in [0.15, 0.2) is 23.2 Å². The van der Waals surface area contributed by atoms with Crippen molar-refractivity contribution in [2.45, 2.75) is 13.8 Å². The molecule has 0 aliphatic carbocycles. The Bertz CT molecular complexity index is 491. The number of carbonyl (C=O) groups is 1. The quantitative estimate of drug-likeness (QED) is 0.628. The Balaban J connectivity index is 2.28. The van der Waals surface area contributed by atoms with E-state index in [-0.39, 0.29) is 5.91 Å². The van der Waals surface area contributed by atoms with Crippen molar-refractivity contribution in [1.29, 1.82) is 0 Å². The van der Waals surface area contributed by atoms with Gasteiger partial charge in [0.25, 0.3) is 5.91 Å². The topological polar surface area (TPSA) is 23.6 Å². The highest BCUT2D eigenvalue weighted by molar-refractivity contribution is 7.80. The summed E-state index contributed by atoms with van der Waals surface area (Å²) in [7, 11) is 1.85. The molecule has 1 aromatic rings. The van der Waals surface area contributed by atoms with E-state index in [1.807, 2.05) is 30.6 Å². The molecule has 2 rings (SSSR count). The zero-order valence-electron chi connectivity index (χ0n) is 10.7. The lowest BCUT2D eigenvalue weighted by Crippen LogP contribution is -2.34. The average Bonchev–Trinajstić information content (AvgIpc) is 2.88. The van der Waals surface area contributed by atoms with Crippen LogP contribution >= 0.6 is 23.6 Å². The van der Waals surface area contributed by atoms with E-state index >= 15 is 0 Å². The first-order valence-corrected chi connectivity index (χ1v) is 7.14. The molecule has 0 atom stereocenters. The maximum absolute atomic E-state index is 12.3. The van der Waals surface area contributed by atoms with E-state index in [9.17, 15) is 4.79 Å². The van der Waals surface area contributed by atoms with Crippen LogP contribution in [-0.4, -0.2) is 34.4 Å². The highest BCUT2D eigenvalue weighted by atomic mass is 32.1. The molecule has 2 heterocycles. The van der Waals surface area contributed by atoms with Crippen LogP contribution in [0.4, 0.5) is 0 Å². The van der Waals surface area contributed by atoms with Crippen molar-refractivity contribution in [2.75, 3.05) is 13.6 Å². The maximum Gasteiger partial charge on any atom is 0.276 e. The molecule has 0 spiro atoms. The van der Waals surface area contributed by atoms with Gasteiger partial charge in [-0.3, -0.25) is 9.69 Å². The number of carbonyl (C=O) groups excluding carboxylic acids is 1. The fourth-order valence-electron chi connectivity index (χ4n) is 1.85. The highest BCUT2D eigenvalue weighted by Gasteiger charge is 2.35. The molecule has 1 amide bonds. The van der Waals surface area contributed by atoms with Gasteiger partial charge in [-0.15, -0.1) is 11.3 Å². The van der Waals surface area contributed by atoms with Crippen LogP contribution in [0, 0.1) is 5.92 Å². The third-order valence-corrected chi connectivity index (χ3v) is 4.03. The van der Waals surface area contributed by atoms with Crippen molar-refractivity contribution in [3.05, 3.63) is 28.1 Å². The Labute approximate surface area is 117 Å². The van der Waals surface area contributed by atoms with Crippen molar-refractivity contribution < 1.29 is 4.79 Å². The molecule has 1 aliphatic heterocycles. The second kappa shape index (κ2) is 5.20. The lowest BCUT2D eigenvalue weighted by molar-refractivity contribution is -0.122. The molecule has 1 aromatic heterocycles. The predicted molar refractivity (Wildman–Crippen MR) is 79.2 cm³/mol. The molecule has 0 bridgehead atoms. The van der Waals surface area contributed by atoms with E-state index < -0.39 is 0 Å². The van der Waals surface area contributed by atoms with Crippen LogP contribution in [-0.2, 0) is 4.79 Å². The Morgan fingerprint density at radius 2 is 2.22 bits per heavy atom. The molecule has 0 unspecified atom stereocenters. The Morgan fingerprint density at radius 3 is 2.78 bits per heavy atom. The summed E-state index contributed by atoms with van der Waals surface area (Å²) in [6.45, 7) is 4.83. The van der Waals surface area contributed by atoms with E-state index in [1.54, 1.807) is 21.1 Å². The lowest BCUT2D eigenvalue weighted by Gasteiger charge is -2.18. The summed E-state index contributed by atoms with van der Waals surface area (Å²) >= 11 is 6.94. The van der Waals surface area contributed by atoms with Crippen LogP contribution < -0.4 is 0 Å². The number of rotatable bonds is 3. The van der Waals surface area contributed by atoms with Crippen molar-refractivity contribution in [1.82, 2.24) is 9.80 Å². The minimum Gasteiger partial charge on any atom is -0.317 e. The molecule has 0 saturated carbocycles. The summed E-state index contributed by atoms with van der Waals surface area (Å²) in [4.78, 5) is 16.9. The molecule has 5 heteroatoms. The molecular formula is C13H16N2OS2. The first kappa shape index (κ1) is 13.2. The van der Waals surface area contributed by atoms with Gasteiger partial charge in [0.15, 0.2) is 5.11 Å². The Kier molecular flexibility index (Phi) is 3.82. The molecule has 18 heavy (non-hydrogen) atoms. The average molecular weight is 280 g/mol. The number of hydrogen-bond donors (Lipinski definition) is 0. The normalized spacial score (nSPS) is 18.6. The van der Waals surface area contributed by atoms with Crippen LogP contribution in [0.25, 0.3) is 6.08 Å². The molecule has 96 valence electrons. The van der Waals surface area contributed by atoms with Crippen LogP contribution in [0.5, 0.6) is 0 Å². The molecular weight excluding hydrogens is 264 g/mol. The highest BCUT2D eigenvalue weighted by Crippen LogP contribution is 2.24. The molecule has 1 fully saturated rings. The molecule has 0 radical (unpaired) electrons. The van der Waals surface area contributed by atoms with E-state index in [0.29, 0.717) is 23.3 Å². The molecule has 3 nitrogen and oxygen atoms in total. The number of hydrogen-bond acceptors (Lipinski definition) is 3. The van der Waals surface area contributed by atoms with Gasteiger partial charge in [0.05, 0.1) is 0 Å². The van der Waals surface area contributed by atoms with Crippen molar-refractivity contribution >= 4 is 40.7 Å². The predicted octanol–water partition coefficient (Wildman–Crippen LogP) is 2.80. The third kappa shape index (κ3) is 2.47. The van der Waals surface area contributed by atoms with E-state index in [4.69, 9.17) is 12.2 Å². The summed E-state index contributed by atoms with van der Waals surface area (Å²) in [5.74, 6) is 0.408. The van der Waals surface area contributed by atoms with Gasteiger partial charge in [-0.05, 0) is 35.7 Å². The Hall–Kier alpha value is -1.20. The number of likely N-dealkylation sites (N-methyl/N-ethyl adjacent to an activating group) is 1. The van der Waals surface area contributed by atoms with Gasteiger partial charge in [-0.1, -0.05) is 19.9 Å². The van der Waals surface area contributed by atoms with Crippen LogP contribution in [0.2, 0.25) is 0 Å². The van der Waals surface area contributed by atoms with Gasteiger partial charge in [0, 0.05) is 18.5 Å². The third-order valence-electron chi connectivity index (χ3n) is 2.71. The first-order valence-electron chi connectivity index (χ1n) is 5.85. The standard InChI is InChI=1S/C13H16N2OS2/c1-9(2)8-15-12(16)11(14(3)13(15)17)7-10-5-4-6-18-10/h4-7,9H,8H2,1-3H3.